The van der Waals surface area contributed by atoms with Crippen LogP contribution >= 0.6 is 0 Å². The minimum absolute atomic E-state index is 0.0373. The van der Waals surface area contributed by atoms with Gasteiger partial charge in [0, 0.05) is 0 Å². The quantitative estimate of drug-likeness (QED) is 0.315. The van der Waals surface area contributed by atoms with Crippen LogP contribution in [0, 0.1) is 0 Å². The van der Waals surface area contributed by atoms with Crippen LogP contribution < -0.4 is 11.5 Å². The lowest BCUT2D eigenvalue weighted by molar-refractivity contribution is 0.141. The molecule has 0 aliphatic rings. The van der Waals surface area contributed by atoms with E-state index in [2.05, 4.69) is 17.3 Å². The SMILES string of the molecule is NC(N)=NOCCCc1ccccc1. The van der Waals surface area contributed by atoms with E-state index >= 15 is 0 Å². The van der Waals surface area contributed by atoms with Crippen molar-refractivity contribution in [3.05, 3.63) is 35.9 Å². The molecule has 0 aromatic heterocycles. The predicted octanol–water partition coefficient (Wildman–Crippen LogP) is 0.824. The summed E-state index contributed by atoms with van der Waals surface area (Å²) in [6.07, 6.45) is 1.88. The molecular weight excluding hydrogens is 178 g/mol. The second-order valence-electron chi connectivity index (χ2n) is 2.94. The van der Waals surface area contributed by atoms with E-state index in [0.29, 0.717) is 6.61 Å². The molecule has 14 heavy (non-hydrogen) atoms. The number of guanidine groups is 1. The Labute approximate surface area is 83.5 Å². The minimum atomic E-state index is -0.0373. The maximum absolute atomic E-state index is 5.09. The van der Waals surface area contributed by atoms with Crippen molar-refractivity contribution in [2.24, 2.45) is 16.6 Å². The average molecular weight is 193 g/mol. The van der Waals surface area contributed by atoms with E-state index in [1.165, 1.54) is 5.56 Å². The largest absolute Gasteiger partial charge is 0.393 e. The molecule has 4 nitrogen and oxygen atoms in total. The molecule has 1 aromatic carbocycles. The second-order valence-corrected chi connectivity index (χ2v) is 2.94. The van der Waals surface area contributed by atoms with Crippen LogP contribution in [0.4, 0.5) is 0 Å². The van der Waals surface area contributed by atoms with Crippen molar-refractivity contribution < 1.29 is 4.84 Å². The molecule has 0 spiro atoms. The van der Waals surface area contributed by atoms with Crippen molar-refractivity contribution in [2.45, 2.75) is 12.8 Å². The lowest BCUT2D eigenvalue weighted by Gasteiger charge is -2.00. The first-order chi connectivity index (χ1) is 6.79. The van der Waals surface area contributed by atoms with Crippen LogP contribution in [0.25, 0.3) is 0 Å². The van der Waals surface area contributed by atoms with E-state index in [1.54, 1.807) is 0 Å². The average Bonchev–Trinajstić information content (AvgIpc) is 2.18. The lowest BCUT2D eigenvalue weighted by Crippen LogP contribution is -2.22. The Morgan fingerprint density at radius 1 is 1.21 bits per heavy atom. The molecule has 0 radical (unpaired) electrons. The number of aryl methyl sites for hydroxylation is 1. The summed E-state index contributed by atoms with van der Waals surface area (Å²) in [5.74, 6) is -0.0373. The van der Waals surface area contributed by atoms with Gasteiger partial charge in [-0.2, -0.15) is 0 Å². The molecule has 0 amide bonds. The summed E-state index contributed by atoms with van der Waals surface area (Å²) in [6, 6.07) is 10.2. The zero-order chi connectivity index (χ0) is 10.2. The Morgan fingerprint density at radius 3 is 2.57 bits per heavy atom. The number of nitrogens with two attached hydrogens (primary N) is 2. The van der Waals surface area contributed by atoms with Crippen molar-refractivity contribution >= 4 is 5.96 Å². The van der Waals surface area contributed by atoms with E-state index in [1.807, 2.05) is 18.2 Å². The molecule has 0 atom stereocenters. The summed E-state index contributed by atoms with van der Waals surface area (Å²) in [7, 11) is 0. The van der Waals surface area contributed by atoms with Crippen LogP contribution in [0.2, 0.25) is 0 Å². The second kappa shape index (κ2) is 5.85. The van der Waals surface area contributed by atoms with Gasteiger partial charge in [-0.1, -0.05) is 30.3 Å². The molecular formula is C10H15N3O. The Morgan fingerprint density at radius 2 is 1.93 bits per heavy atom. The molecule has 1 aromatic rings. The summed E-state index contributed by atoms with van der Waals surface area (Å²) in [5.41, 5.74) is 11.5. The molecule has 0 saturated heterocycles. The van der Waals surface area contributed by atoms with Gasteiger partial charge in [-0.05, 0) is 23.6 Å². The van der Waals surface area contributed by atoms with E-state index in [-0.39, 0.29) is 5.96 Å². The van der Waals surface area contributed by atoms with Gasteiger partial charge in [-0.15, -0.1) is 0 Å². The molecule has 0 aliphatic carbocycles. The lowest BCUT2D eigenvalue weighted by atomic mass is 10.1. The molecule has 0 fully saturated rings. The molecule has 0 unspecified atom stereocenters. The third-order valence-electron chi connectivity index (χ3n) is 1.71. The normalized spacial score (nSPS) is 9.43. The highest BCUT2D eigenvalue weighted by Gasteiger charge is 1.91. The van der Waals surface area contributed by atoms with E-state index in [9.17, 15) is 0 Å². The van der Waals surface area contributed by atoms with Gasteiger partial charge in [-0.3, -0.25) is 0 Å². The first-order valence-electron chi connectivity index (χ1n) is 4.54. The Kier molecular flexibility index (Phi) is 4.34. The van der Waals surface area contributed by atoms with Gasteiger partial charge in [0.05, 0.1) is 0 Å². The smallest absolute Gasteiger partial charge is 0.228 e. The molecule has 0 saturated carbocycles. The maximum Gasteiger partial charge on any atom is 0.228 e. The molecule has 0 bridgehead atoms. The van der Waals surface area contributed by atoms with Crippen LogP contribution in [-0.4, -0.2) is 12.6 Å². The van der Waals surface area contributed by atoms with Crippen LogP contribution in [0.5, 0.6) is 0 Å². The highest BCUT2D eigenvalue weighted by Crippen LogP contribution is 2.02. The molecule has 4 heteroatoms. The van der Waals surface area contributed by atoms with Gasteiger partial charge in [0.1, 0.15) is 6.61 Å². The first kappa shape index (κ1) is 10.4. The number of benzene rings is 1. The zero-order valence-electron chi connectivity index (χ0n) is 8.02. The highest BCUT2D eigenvalue weighted by molar-refractivity contribution is 5.74. The summed E-state index contributed by atoms with van der Waals surface area (Å²) in [4.78, 5) is 4.85. The summed E-state index contributed by atoms with van der Waals surface area (Å²) >= 11 is 0. The zero-order valence-corrected chi connectivity index (χ0v) is 8.02. The van der Waals surface area contributed by atoms with Crippen LogP contribution in [0.15, 0.2) is 35.5 Å². The molecule has 0 aliphatic heterocycles. The van der Waals surface area contributed by atoms with Gasteiger partial charge >= 0.3 is 0 Å². The van der Waals surface area contributed by atoms with Crippen molar-refractivity contribution in [3.63, 3.8) is 0 Å². The fraction of sp³-hybridized carbons (Fsp3) is 0.300. The number of nitrogens with zero attached hydrogens (tertiary/aromatic N) is 1. The van der Waals surface area contributed by atoms with Crippen LogP contribution in [0.3, 0.4) is 0 Å². The van der Waals surface area contributed by atoms with Gasteiger partial charge in [0.15, 0.2) is 0 Å². The molecule has 1 rings (SSSR count). The number of oxime groups is 1. The van der Waals surface area contributed by atoms with Gasteiger partial charge in [0.25, 0.3) is 0 Å². The third kappa shape index (κ3) is 4.35. The Hall–Kier alpha value is -1.71. The van der Waals surface area contributed by atoms with Crippen molar-refractivity contribution in [1.82, 2.24) is 0 Å². The fourth-order valence-electron chi connectivity index (χ4n) is 1.11. The summed E-state index contributed by atoms with van der Waals surface area (Å²) in [5, 5.41) is 3.43. The predicted molar refractivity (Wildman–Crippen MR) is 56.5 cm³/mol. The number of hydrogen-bond donors (Lipinski definition) is 2. The van der Waals surface area contributed by atoms with E-state index in [0.717, 1.165) is 12.8 Å². The maximum atomic E-state index is 5.09. The van der Waals surface area contributed by atoms with Crippen molar-refractivity contribution in [2.75, 3.05) is 6.61 Å². The van der Waals surface area contributed by atoms with Crippen molar-refractivity contribution in [1.29, 1.82) is 0 Å². The van der Waals surface area contributed by atoms with Crippen LogP contribution in [0.1, 0.15) is 12.0 Å². The van der Waals surface area contributed by atoms with E-state index < -0.39 is 0 Å². The monoisotopic (exact) mass is 193 g/mol. The fourth-order valence-corrected chi connectivity index (χ4v) is 1.11. The van der Waals surface area contributed by atoms with Gasteiger partial charge < -0.3 is 16.3 Å². The topological polar surface area (TPSA) is 73.6 Å². The standard InChI is InChI=1S/C10H15N3O/c11-10(12)13-14-8-4-7-9-5-2-1-3-6-9/h1-3,5-6H,4,7-8H2,(H4,11,12,13). The summed E-state index contributed by atoms with van der Waals surface area (Å²) in [6.45, 7) is 0.535. The Balaban J connectivity index is 2.14. The molecule has 0 heterocycles. The third-order valence-corrected chi connectivity index (χ3v) is 1.71. The minimum Gasteiger partial charge on any atom is -0.393 e. The number of rotatable bonds is 5. The molecule has 76 valence electrons. The van der Waals surface area contributed by atoms with Crippen molar-refractivity contribution in [3.8, 4) is 0 Å². The highest BCUT2D eigenvalue weighted by atomic mass is 16.6. The van der Waals surface area contributed by atoms with Crippen LogP contribution in [-0.2, 0) is 11.3 Å². The molecule has 4 N–H and O–H groups in total. The van der Waals surface area contributed by atoms with Gasteiger partial charge in [-0.25, -0.2) is 0 Å². The Bertz CT molecular complexity index is 281. The number of hydrogen-bond acceptors (Lipinski definition) is 2. The summed E-state index contributed by atoms with van der Waals surface area (Å²) < 4.78 is 0. The van der Waals surface area contributed by atoms with E-state index in [4.69, 9.17) is 16.3 Å². The first-order valence-corrected chi connectivity index (χ1v) is 4.54. The van der Waals surface area contributed by atoms with Gasteiger partial charge in [0.2, 0.25) is 5.96 Å².